The number of carbonyl (C=O) groups excluding carboxylic acids is 1. The van der Waals surface area contributed by atoms with Crippen LogP contribution in [0.3, 0.4) is 0 Å². The number of carbonyl (C=O) groups is 1. The standard InChI is InChI=1S/C21H24N4O9S/c1-14(26)34-21-19(31-2)10-15(11-20(21)32-3)13-22-23-17-5-4-16(12-18(17)25(27)28)35(29,30)24-6-8-33-9-7-24/h4-5,10-13,23H,6-9H2,1-3H3. The monoisotopic (exact) mass is 508 g/mol. The van der Waals surface area contributed by atoms with Crippen LogP contribution in [0, 0.1) is 10.1 Å². The second kappa shape index (κ2) is 11.1. The first-order valence-electron chi connectivity index (χ1n) is 10.3. The molecule has 0 aromatic heterocycles. The van der Waals surface area contributed by atoms with Crippen LogP contribution in [-0.4, -0.2) is 70.4 Å². The van der Waals surface area contributed by atoms with E-state index in [1.807, 2.05) is 0 Å². The number of ether oxygens (including phenoxy) is 4. The van der Waals surface area contributed by atoms with Crippen LogP contribution in [-0.2, 0) is 19.6 Å². The van der Waals surface area contributed by atoms with Gasteiger partial charge >= 0.3 is 5.97 Å². The van der Waals surface area contributed by atoms with E-state index in [2.05, 4.69) is 10.5 Å². The highest BCUT2D eigenvalue weighted by Crippen LogP contribution is 2.38. The van der Waals surface area contributed by atoms with Gasteiger partial charge in [0.1, 0.15) is 5.69 Å². The van der Waals surface area contributed by atoms with Crippen molar-refractivity contribution >= 4 is 33.6 Å². The van der Waals surface area contributed by atoms with Crippen molar-refractivity contribution in [2.24, 2.45) is 5.10 Å². The summed E-state index contributed by atoms with van der Waals surface area (Å²) in [6, 6.07) is 6.59. The van der Waals surface area contributed by atoms with E-state index in [1.165, 1.54) is 55.9 Å². The smallest absolute Gasteiger partial charge is 0.308 e. The quantitative estimate of drug-likeness (QED) is 0.174. The van der Waals surface area contributed by atoms with Crippen LogP contribution in [0.25, 0.3) is 0 Å². The number of nitro benzene ring substituents is 1. The summed E-state index contributed by atoms with van der Waals surface area (Å²) in [6.45, 7) is 2.09. The molecular weight excluding hydrogens is 484 g/mol. The highest BCUT2D eigenvalue weighted by Gasteiger charge is 2.29. The Kier molecular flexibility index (Phi) is 8.22. The van der Waals surface area contributed by atoms with Crippen LogP contribution in [0.4, 0.5) is 11.4 Å². The Morgan fingerprint density at radius 2 is 1.80 bits per heavy atom. The van der Waals surface area contributed by atoms with Crippen molar-refractivity contribution < 1.29 is 37.1 Å². The lowest BCUT2D eigenvalue weighted by Gasteiger charge is -2.26. The molecule has 1 N–H and O–H groups in total. The maximum atomic E-state index is 12.8. The number of rotatable bonds is 9. The zero-order chi connectivity index (χ0) is 25.6. The summed E-state index contributed by atoms with van der Waals surface area (Å²) in [5, 5.41) is 15.6. The van der Waals surface area contributed by atoms with Crippen molar-refractivity contribution in [3.05, 3.63) is 46.0 Å². The number of hydrogen-bond donors (Lipinski definition) is 1. The fourth-order valence-electron chi connectivity index (χ4n) is 3.25. The predicted molar refractivity (Wildman–Crippen MR) is 125 cm³/mol. The van der Waals surface area contributed by atoms with Gasteiger partial charge in [0.05, 0.1) is 43.5 Å². The van der Waals surface area contributed by atoms with Gasteiger partial charge < -0.3 is 18.9 Å². The van der Waals surface area contributed by atoms with E-state index in [0.29, 0.717) is 5.56 Å². The SMILES string of the molecule is COc1cc(C=NNc2ccc(S(=O)(=O)N3CCOCC3)cc2[N+](=O)[O-])cc(OC)c1OC(C)=O. The number of anilines is 1. The lowest BCUT2D eigenvalue weighted by molar-refractivity contribution is -0.384. The predicted octanol–water partition coefficient (Wildman–Crippen LogP) is 2.00. The Hall–Kier alpha value is -3.75. The van der Waals surface area contributed by atoms with Gasteiger partial charge in [0, 0.05) is 31.6 Å². The van der Waals surface area contributed by atoms with Crippen molar-refractivity contribution in [2.45, 2.75) is 11.8 Å². The summed E-state index contributed by atoms with van der Waals surface area (Å²) in [7, 11) is -1.14. The Labute approximate surface area is 201 Å². The van der Waals surface area contributed by atoms with Crippen LogP contribution >= 0.6 is 0 Å². The van der Waals surface area contributed by atoms with Crippen molar-refractivity contribution in [2.75, 3.05) is 45.9 Å². The molecule has 0 radical (unpaired) electrons. The summed E-state index contributed by atoms with van der Waals surface area (Å²) >= 11 is 0. The fraction of sp³-hybridized carbons (Fsp3) is 0.333. The van der Waals surface area contributed by atoms with Gasteiger partial charge in [-0.15, -0.1) is 0 Å². The Morgan fingerprint density at radius 3 is 2.34 bits per heavy atom. The topological polar surface area (TPSA) is 159 Å². The molecule has 0 atom stereocenters. The molecule has 0 unspecified atom stereocenters. The number of morpholine rings is 1. The third-order valence-electron chi connectivity index (χ3n) is 4.90. The van der Waals surface area contributed by atoms with Gasteiger partial charge in [-0.1, -0.05) is 0 Å². The van der Waals surface area contributed by atoms with E-state index in [-0.39, 0.29) is 54.1 Å². The molecule has 1 aliphatic heterocycles. The third-order valence-corrected chi connectivity index (χ3v) is 6.80. The second-order valence-electron chi connectivity index (χ2n) is 7.17. The zero-order valence-corrected chi connectivity index (χ0v) is 20.0. The van der Waals surface area contributed by atoms with Crippen LogP contribution in [0.2, 0.25) is 0 Å². The van der Waals surface area contributed by atoms with Gasteiger partial charge in [0.2, 0.25) is 15.8 Å². The number of nitrogens with one attached hydrogen (secondary N) is 1. The average Bonchev–Trinajstić information content (AvgIpc) is 2.84. The van der Waals surface area contributed by atoms with Gasteiger partial charge in [-0.05, 0) is 24.3 Å². The van der Waals surface area contributed by atoms with Crippen molar-refractivity contribution in [3.8, 4) is 17.2 Å². The summed E-state index contributed by atoms with van der Waals surface area (Å²) < 4.78 is 47.7. The zero-order valence-electron chi connectivity index (χ0n) is 19.2. The number of benzene rings is 2. The lowest BCUT2D eigenvalue weighted by atomic mass is 10.2. The summed E-state index contributed by atoms with van der Waals surface area (Å²) in [4.78, 5) is 22.1. The fourth-order valence-corrected chi connectivity index (χ4v) is 4.68. The van der Waals surface area contributed by atoms with Crippen molar-refractivity contribution in [3.63, 3.8) is 0 Å². The molecule has 1 saturated heterocycles. The maximum Gasteiger partial charge on any atom is 0.308 e. The first-order chi connectivity index (χ1) is 16.7. The number of hydrazone groups is 1. The molecule has 0 spiro atoms. The first-order valence-corrected chi connectivity index (χ1v) is 11.7. The Morgan fingerprint density at radius 1 is 1.17 bits per heavy atom. The number of esters is 1. The molecule has 2 aromatic carbocycles. The van der Waals surface area contributed by atoms with Gasteiger partial charge in [-0.25, -0.2) is 8.42 Å². The van der Waals surface area contributed by atoms with E-state index < -0.39 is 26.6 Å². The molecule has 14 heteroatoms. The average molecular weight is 509 g/mol. The highest BCUT2D eigenvalue weighted by atomic mass is 32.2. The van der Waals surface area contributed by atoms with E-state index in [4.69, 9.17) is 18.9 Å². The van der Waals surface area contributed by atoms with Gasteiger partial charge in [0.15, 0.2) is 11.5 Å². The molecule has 1 aliphatic rings. The van der Waals surface area contributed by atoms with E-state index >= 15 is 0 Å². The van der Waals surface area contributed by atoms with Gasteiger partial charge in [0.25, 0.3) is 5.69 Å². The molecule has 0 saturated carbocycles. The molecule has 188 valence electrons. The Bertz CT molecular complexity index is 1220. The number of sulfonamides is 1. The number of hydrogen-bond acceptors (Lipinski definition) is 11. The van der Waals surface area contributed by atoms with Gasteiger partial charge in [-0.3, -0.25) is 20.3 Å². The van der Waals surface area contributed by atoms with Crippen molar-refractivity contribution in [1.29, 1.82) is 0 Å². The number of nitro groups is 1. The maximum absolute atomic E-state index is 12.8. The third kappa shape index (κ3) is 6.03. The van der Waals surface area contributed by atoms with Crippen LogP contribution in [0.5, 0.6) is 17.2 Å². The molecule has 1 fully saturated rings. The van der Waals surface area contributed by atoms with Crippen LogP contribution < -0.4 is 19.6 Å². The van der Waals surface area contributed by atoms with E-state index in [9.17, 15) is 23.3 Å². The summed E-state index contributed by atoms with van der Waals surface area (Å²) in [5.74, 6) is -0.0364. The minimum atomic E-state index is -3.91. The molecule has 0 bridgehead atoms. The number of methoxy groups -OCH3 is 2. The largest absolute Gasteiger partial charge is 0.493 e. The second-order valence-corrected chi connectivity index (χ2v) is 9.11. The Balaban J connectivity index is 1.86. The van der Waals surface area contributed by atoms with E-state index in [0.717, 1.165) is 6.07 Å². The molecule has 1 heterocycles. The first kappa shape index (κ1) is 25.9. The molecule has 3 rings (SSSR count). The number of nitrogens with zero attached hydrogens (tertiary/aromatic N) is 3. The lowest BCUT2D eigenvalue weighted by Crippen LogP contribution is -2.40. The summed E-state index contributed by atoms with van der Waals surface area (Å²) in [5.41, 5.74) is 2.55. The minimum absolute atomic E-state index is 0.0114. The van der Waals surface area contributed by atoms with Crippen LogP contribution in [0.1, 0.15) is 12.5 Å². The van der Waals surface area contributed by atoms with Crippen LogP contribution in [0.15, 0.2) is 40.3 Å². The molecule has 13 nitrogen and oxygen atoms in total. The molecular formula is C21H24N4O9S. The van der Waals surface area contributed by atoms with E-state index in [1.54, 1.807) is 0 Å². The normalized spacial score (nSPS) is 14.5. The van der Waals surface area contributed by atoms with Gasteiger partial charge in [-0.2, -0.15) is 9.41 Å². The minimum Gasteiger partial charge on any atom is -0.493 e. The van der Waals surface area contributed by atoms with Crippen molar-refractivity contribution in [1.82, 2.24) is 4.31 Å². The molecule has 0 aliphatic carbocycles. The molecule has 35 heavy (non-hydrogen) atoms. The summed E-state index contributed by atoms with van der Waals surface area (Å²) in [6.07, 6.45) is 1.34. The molecule has 0 amide bonds. The molecule has 2 aromatic rings. The highest BCUT2D eigenvalue weighted by molar-refractivity contribution is 7.89.